The fourth-order valence-electron chi connectivity index (χ4n) is 2.06. The van der Waals surface area contributed by atoms with E-state index in [9.17, 15) is 4.79 Å². The monoisotopic (exact) mass is 209 g/mol. The number of ketones is 1. The maximum Gasteiger partial charge on any atom is 0.161 e. The van der Waals surface area contributed by atoms with Gasteiger partial charge in [0.2, 0.25) is 0 Å². The number of hydrogen-bond acceptors (Lipinski definition) is 2. The Kier molecular flexibility index (Phi) is 2.68. The van der Waals surface area contributed by atoms with Crippen LogP contribution in [-0.2, 0) is 18.6 Å². The highest BCUT2D eigenvalue weighted by atomic mass is 32.2. The molecule has 0 bridgehead atoms. The quantitative estimate of drug-likeness (QED) is 0.759. The van der Waals surface area contributed by atoms with Crippen molar-refractivity contribution in [1.29, 1.82) is 0 Å². The van der Waals surface area contributed by atoms with Crippen LogP contribution in [0.25, 0.3) is 0 Å². The molecule has 0 spiro atoms. The second-order valence-corrected chi connectivity index (χ2v) is 4.75. The van der Waals surface area contributed by atoms with Gasteiger partial charge in [0.05, 0.1) is 0 Å². The second kappa shape index (κ2) is 3.81. The van der Waals surface area contributed by atoms with Crippen molar-refractivity contribution in [2.75, 3.05) is 5.75 Å². The van der Waals surface area contributed by atoms with E-state index in [0.717, 1.165) is 29.9 Å². The minimum Gasteiger partial charge on any atom is -0.361 e. The Morgan fingerprint density at radius 2 is 2.36 bits per heavy atom. The van der Waals surface area contributed by atoms with Crippen molar-refractivity contribution in [2.24, 2.45) is 0 Å². The molecule has 0 saturated carbocycles. The Morgan fingerprint density at radius 1 is 1.57 bits per heavy atom. The summed E-state index contributed by atoms with van der Waals surface area (Å²) >= 11 is 1.92. The Bertz CT molecular complexity index is 368. The average Bonchev–Trinajstić information content (AvgIpc) is 2.55. The van der Waals surface area contributed by atoms with Crippen LogP contribution in [0.4, 0.5) is 0 Å². The fraction of sp³-hybridized carbons (Fsp3) is 0.545. The summed E-state index contributed by atoms with van der Waals surface area (Å²) in [6, 6.07) is 0. The van der Waals surface area contributed by atoms with Gasteiger partial charge < -0.3 is 4.98 Å². The summed E-state index contributed by atoms with van der Waals surface area (Å²) in [6.07, 6.45) is 2.01. The van der Waals surface area contributed by atoms with Crippen LogP contribution in [0.5, 0.6) is 0 Å². The van der Waals surface area contributed by atoms with Crippen molar-refractivity contribution in [1.82, 2.24) is 4.98 Å². The van der Waals surface area contributed by atoms with Gasteiger partial charge in [0, 0.05) is 22.7 Å². The van der Waals surface area contributed by atoms with Crippen molar-refractivity contribution in [3.8, 4) is 0 Å². The molecule has 0 fully saturated rings. The molecule has 2 rings (SSSR count). The molecule has 3 heteroatoms. The highest BCUT2D eigenvalue weighted by Crippen LogP contribution is 2.30. The van der Waals surface area contributed by atoms with Gasteiger partial charge in [0.15, 0.2) is 5.78 Å². The lowest BCUT2D eigenvalue weighted by atomic mass is 10.0. The molecule has 1 aromatic heterocycles. The Balaban J connectivity index is 2.53. The molecule has 1 aromatic rings. The molecular formula is C11H15NOS. The smallest absolute Gasteiger partial charge is 0.161 e. The summed E-state index contributed by atoms with van der Waals surface area (Å²) in [6.45, 7) is 3.76. The van der Waals surface area contributed by atoms with Gasteiger partial charge in [-0.2, -0.15) is 11.8 Å². The number of H-pyrrole nitrogens is 1. The number of rotatable bonds is 2. The Morgan fingerprint density at radius 3 is 3.00 bits per heavy atom. The number of carbonyl (C=O) groups excluding carboxylic acids is 1. The predicted octanol–water partition coefficient (Wildman–Crippen LogP) is 2.57. The van der Waals surface area contributed by atoms with Crippen LogP contribution in [-0.4, -0.2) is 16.5 Å². The van der Waals surface area contributed by atoms with Gasteiger partial charge >= 0.3 is 0 Å². The SMILES string of the molecule is CCc1[nH]c2c(c1C(C)=O)CSCC2. The molecule has 0 amide bonds. The third-order valence-corrected chi connectivity index (χ3v) is 3.70. The van der Waals surface area contributed by atoms with Gasteiger partial charge in [-0.25, -0.2) is 0 Å². The molecule has 0 aliphatic carbocycles. The summed E-state index contributed by atoms with van der Waals surface area (Å²) in [5.41, 5.74) is 4.66. The molecule has 0 aromatic carbocycles. The number of hydrogen-bond donors (Lipinski definition) is 1. The Labute approximate surface area is 88.5 Å². The molecule has 0 saturated heterocycles. The van der Waals surface area contributed by atoms with Crippen LogP contribution in [0.1, 0.15) is 41.2 Å². The molecular weight excluding hydrogens is 194 g/mol. The number of carbonyl (C=O) groups is 1. The summed E-state index contributed by atoms with van der Waals surface area (Å²) in [5.74, 6) is 2.39. The molecule has 2 heterocycles. The van der Waals surface area contributed by atoms with Crippen molar-refractivity contribution in [3.63, 3.8) is 0 Å². The van der Waals surface area contributed by atoms with E-state index in [2.05, 4.69) is 11.9 Å². The van der Waals surface area contributed by atoms with Crippen LogP contribution < -0.4 is 0 Å². The van der Waals surface area contributed by atoms with E-state index in [4.69, 9.17) is 0 Å². The number of fused-ring (bicyclic) bond motifs is 1. The molecule has 76 valence electrons. The van der Waals surface area contributed by atoms with Gasteiger partial charge in [-0.1, -0.05) is 6.92 Å². The van der Waals surface area contributed by atoms with E-state index in [1.807, 2.05) is 11.8 Å². The number of nitrogens with one attached hydrogen (secondary N) is 1. The number of Topliss-reactive ketones (excluding diaryl/α,β-unsaturated/α-hetero) is 1. The zero-order valence-corrected chi connectivity index (χ0v) is 9.46. The largest absolute Gasteiger partial charge is 0.361 e. The summed E-state index contributed by atoms with van der Waals surface area (Å²) < 4.78 is 0. The van der Waals surface area contributed by atoms with Crippen LogP contribution in [0.3, 0.4) is 0 Å². The summed E-state index contributed by atoms with van der Waals surface area (Å²) in [4.78, 5) is 14.9. The van der Waals surface area contributed by atoms with Crippen LogP contribution in [0.15, 0.2) is 0 Å². The van der Waals surface area contributed by atoms with Crippen molar-refractivity contribution < 1.29 is 4.79 Å². The van der Waals surface area contributed by atoms with Gasteiger partial charge in [-0.05, 0) is 31.1 Å². The fourth-order valence-corrected chi connectivity index (χ4v) is 3.08. The molecule has 0 atom stereocenters. The van der Waals surface area contributed by atoms with Gasteiger partial charge in [-0.3, -0.25) is 4.79 Å². The minimum atomic E-state index is 0.210. The summed E-state index contributed by atoms with van der Waals surface area (Å²) in [7, 11) is 0. The van der Waals surface area contributed by atoms with Crippen molar-refractivity contribution in [3.05, 3.63) is 22.5 Å². The van der Waals surface area contributed by atoms with Gasteiger partial charge in [-0.15, -0.1) is 0 Å². The zero-order valence-electron chi connectivity index (χ0n) is 8.64. The molecule has 0 unspecified atom stereocenters. The molecule has 1 N–H and O–H groups in total. The van der Waals surface area contributed by atoms with Crippen molar-refractivity contribution in [2.45, 2.75) is 32.4 Å². The topological polar surface area (TPSA) is 32.9 Å². The molecule has 1 aliphatic rings. The molecule has 0 radical (unpaired) electrons. The standard InChI is InChI=1S/C11H15NOS/c1-3-9-11(7(2)13)8-6-14-5-4-10(8)12-9/h12H,3-6H2,1-2H3. The maximum absolute atomic E-state index is 11.5. The lowest BCUT2D eigenvalue weighted by Gasteiger charge is -2.11. The highest BCUT2D eigenvalue weighted by Gasteiger charge is 2.21. The molecule has 14 heavy (non-hydrogen) atoms. The maximum atomic E-state index is 11.5. The second-order valence-electron chi connectivity index (χ2n) is 3.65. The van der Waals surface area contributed by atoms with E-state index < -0.39 is 0 Å². The van der Waals surface area contributed by atoms with E-state index in [-0.39, 0.29) is 5.78 Å². The first-order valence-corrected chi connectivity index (χ1v) is 6.20. The summed E-state index contributed by atoms with van der Waals surface area (Å²) in [5, 5.41) is 0. The number of aromatic nitrogens is 1. The normalized spacial score (nSPS) is 15.3. The average molecular weight is 209 g/mol. The minimum absolute atomic E-state index is 0.210. The lowest BCUT2D eigenvalue weighted by molar-refractivity contribution is 0.101. The van der Waals surface area contributed by atoms with E-state index in [1.54, 1.807) is 6.92 Å². The molecule has 2 nitrogen and oxygen atoms in total. The third-order valence-electron chi connectivity index (χ3n) is 2.72. The molecule has 1 aliphatic heterocycles. The van der Waals surface area contributed by atoms with Crippen LogP contribution >= 0.6 is 11.8 Å². The number of aryl methyl sites for hydroxylation is 2. The zero-order chi connectivity index (χ0) is 10.1. The van der Waals surface area contributed by atoms with Crippen molar-refractivity contribution >= 4 is 17.5 Å². The first-order chi connectivity index (χ1) is 6.74. The third kappa shape index (κ3) is 1.50. The number of aromatic amines is 1. The number of thioether (sulfide) groups is 1. The van der Waals surface area contributed by atoms with E-state index in [0.29, 0.717) is 0 Å². The first-order valence-electron chi connectivity index (χ1n) is 5.05. The van der Waals surface area contributed by atoms with Crippen LogP contribution in [0.2, 0.25) is 0 Å². The van der Waals surface area contributed by atoms with E-state index in [1.165, 1.54) is 17.0 Å². The highest BCUT2D eigenvalue weighted by molar-refractivity contribution is 7.98. The lowest BCUT2D eigenvalue weighted by Crippen LogP contribution is -2.04. The van der Waals surface area contributed by atoms with Crippen LogP contribution in [0, 0.1) is 0 Å². The Hall–Kier alpha value is -0.700. The van der Waals surface area contributed by atoms with Gasteiger partial charge in [0.1, 0.15) is 0 Å². The predicted molar refractivity (Wildman–Crippen MR) is 60.0 cm³/mol. The van der Waals surface area contributed by atoms with E-state index >= 15 is 0 Å². The van der Waals surface area contributed by atoms with Gasteiger partial charge in [0.25, 0.3) is 0 Å². The first kappa shape index (κ1) is 9.84.